The number of carbonyl (C=O) groups is 1. The Balaban J connectivity index is 0.00000235. The first-order valence-corrected chi connectivity index (χ1v) is 17.5. The molecule has 2 aromatic carbocycles. The second-order valence-electron chi connectivity index (χ2n) is 11.1. The van der Waals surface area contributed by atoms with E-state index in [9.17, 15) is 17.6 Å². The highest BCUT2D eigenvalue weighted by atomic mass is 32.2. The van der Waals surface area contributed by atoms with Gasteiger partial charge in [-0.25, -0.2) is 17.2 Å². The molecule has 1 aliphatic heterocycles. The molecule has 0 saturated carbocycles. The van der Waals surface area contributed by atoms with Crippen LogP contribution in [0, 0.1) is 5.82 Å². The molecule has 0 N–H and O–H groups in total. The molecule has 0 spiro atoms. The molecule has 1 unspecified atom stereocenters. The normalized spacial score (nSPS) is 17.7. The summed E-state index contributed by atoms with van der Waals surface area (Å²) in [5.41, 5.74) is 3.77. The Morgan fingerprint density at radius 2 is 1.63 bits per heavy atom. The quantitative estimate of drug-likeness (QED) is 0.294. The van der Waals surface area contributed by atoms with Crippen LogP contribution in [-0.2, 0) is 26.0 Å². The van der Waals surface area contributed by atoms with Crippen molar-refractivity contribution in [2.45, 2.75) is 46.3 Å². The highest BCUT2D eigenvalue weighted by Crippen LogP contribution is 2.31. The van der Waals surface area contributed by atoms with Gasteiger partial charge in [0.15, 0.2) is 9.84 Å². The van der Waals surface area contributed by atoms with E-state index in [1.54, 1.807) is 35.3 Å². The number of sulfone groups is 1. The maximum absolute atomic E-state index is 15.3. The summed E-state index contributed by atoms with van der Waals surface area (Å²) in [5.74, 6) is -0.968. The third-order valence-corrected chi connectivity index (χ3v) is 9.08. The molecule has 46 heavy (non-hydrogen) atoms. The van der Waals surface area contributed by atoms with E-state index >= 15 is 4.39 Å². The van der Waals surface area contributed by atoms with Gasteiger partial charge in [-0.15, -0.1) is 0 Å². The van der Waals surface area contributed by atoms with E-state index < -0.39 is 9.84 Å². The highest BCUT2D eigenvalue weighted by molar-refractivity contribution is 7.94. The summed E-state index contributed by atoms with van der Waals surface area (Å²) in [6.07, 6.45) is 12.3. The largest absolute Gasteiger partial charge is 0.369 e. The van der Waals surface area contributed by atoms with Crippen molar-refractivity contribution in [1.82, 2.24) is 4.90 Å². The number of ether oxygens (including phenoxy) is 1. The van der Waals surface area contributed by atoms with Gasteiger partial charge in [0.2, 0.25) is 0 Å². The van der Waals surface area contributed by atoms with Crippen LogP contribution in [0.5, 0.6) is 0 Å². The second kappa shape index (κ2) is 16.0. The molecule has 1 fully saturated rings. The van der Waals surface area contributed by atoms with Gasteiger partial charge in [0, 0.05) is 44.4 Å². The number of amides is 1. The van der Waals surface area contributed by atoms with E-state index in [0.717, 1.165) is 17.4 Å². The highest BCUT2D eigenvalue weighted by Gasteiger charge is 2.28. The predicted octanol–water partition coefficient (Wildman–Crippen LogP) is 7.70. The molecule has 0 aromatic heterocycles. The van der Waals surface area contributed by atoms with E-state index in [-0.39, 0.29) is 40.6 Å². The van der Waals surface area contributed by atoms with Gasteiger partial charge in [-0.05, 0) is 66.0 Å². The molecular formula is C37H42F2N2O4S. The monoisotopic (exact) mass is 648 g/mol. The van der Waals surface area contributed by atoms with Crippen molar-refractivity contribution >= 4 is 21.4 Å². The number of rotatable bonds is 8. The van der Waals surface area contributed by atoms with Crippen molar-refractivity contribution in [3.63, 3.8) is 0 Å². The zero-order valence-electron chi connectivity index (χ0n) is 26.9. The average molecular weight is 649 g/mol. The Hall–Kier alpha value is -4.08. The van der Waals surface area contributed by atoms with Gasteiger partial charge in [0.25, 0.3) is 5.91 Å². The zero-order valence-corrected chi connectivity index (χ0v) is 27.7. The third-order valence-electron chi connectivity index (χ3n) is 7.97. The maximum atomic E-state index is 15.3. The number of nitrogens with zero attached hydrogens (tertiary/aromatic N) is 2. The molecule has 3 aliphatic rings. The lowest BCUT2D eigenvalue weighted by Crippen LogP contribution is -2.49. The molecule has 9 heteroatoms. The van der Waals surface area contributed by atoms with Gasteiger partial charge >= 0.3 is 0 Å². The van der Waals surface area contributed by atoms with Crippen LogP contribution >= 0.6 is 0 Å². The minimum Gasteiger partial charge on any atom is -0.369 e. The van der Waals surface area contributed by atoms with Crippen LogP contribution in [0.25, 0.3) is 0 Å². The Labute approximate surface area is 271 Å². The Morgan fingerprint density at radius 1 is 0.935 bits per heavy atom. The number of carbonyl (C=O) groups excluding carboxylic acids is 1. The summed E-state index contributed by atoms with van der Waals surface area (Å²) in [6.45, 7) is 7.78. The van der Waals surface area contributed by atoms with Gasteiger partial charge in [-0.2, -0.15) is 0 Å². The van der Waals surface area contributed by atoms with Crippen molar-refractivity contribution in [3.8, 4) is 0 Å². The lowest BCUT2D eigenvalue weighted by molar-refractivity contribution is -0.127. The average Bonchev–Trinajstić information content (AvgIpc) is 3.43. The van der Waals surface area contributed by atoms with E-state index in [2.05, 4.69) is 0 Å². The Morgan fingerprint density at radius 3 is 2.30 bits per heavy atom. The summed E-state index contributed by atoms with van der Waals surface area (Å²) >= 11 is 0. The molecule has 5 rings (SSSR count). The summed E-state index contributed by atoms with van der Waals surface area (Å²) < 4.78 is 60.1. The smallest absolute Gasteiger partial charge is 0.254 e. The number of anilines is 1. The fourth-order valence-electron chi connectivity index (χ4n) is 5.42. The van der Waals surface area contributed by atoms with Crippen LogP contribution < -0.4 is 4.90 Å². The number of hydrogen-bond acceptors (Lipinski definition) is 5. The minimum absolute atomic E-state index is 0.0403. The topological polar surface area (TPSA) is 66.9 Å². The van der Waals surface area contributed by atoms with Crippen LogP contribution in [-0.4, -0.2) is 51.7 Å². The lowest BCUT2D eigenvalue weighted by Gasteiger charge is -2.37. The van der Waals surface area contributed by atoms with Crippen molar-refractivity contribution in [1.29, 1.82) is 0 Å². The van der Waals surface area contributed by atoms with Gasteiger partial charge < -0.3 is 14.5 Å². The molecule has 2 aliphatic carbocycles. The first-order valence-electron chi connectivity index (χ1n) is 15.6. The molecule has 1 saturated heterocycles. The van der Waals surface area contributed by atoms with E-state index in [1.165, 1.54) is 24.3 Å². The standard InChI is InChI=1S/C35H36F2N2O4S.C2H6/c1-25(43-24-26-8-4-3-5-9-26)28-15-17-34(33(37)22-28)38-18-20-39(21-19-38)35(40)32-23-30(44(2,41)42)12-7-13-31(32)27-10-6-11-29(36)16-14-27;1-2/h3-10,12,14-17,22-23,25H,11,13,18-21,24H2,1-2H3;1-2H3. The SMILES string of the molecule is CC.CC(OCc1ccccc1)c1ccc(N2CCN(C(=O)C3=C(C4=CC=C(F)CC=C4)CC=CC(S(C)(=O)=O)=C3)CC2)c(F)c1. The number of piperazine rings is 1. The van der Waals surface area contributed by atoms with Gasteiger partial charge in [0.1, 0.15) is 11.6 Å². The molecule has 244 valence electrons. The molecule has 2 aromatic rings. The van der Waals surface area contributed by atoms with Crippen LogP contribution in [0.1, 0.15) is 50.8 Å². The molecule has 1 amide bonds. The van der Waals surface area contributed by atoms with Gasteiger partial charge in [0.05, 0.1) is 23.3 Å². The van der Waals surface area contributed by atoms with E-state index in [0.29, 0.717) is 56.0 Å². The fourth-order valence-corrected chi connectivity index (χ4v) is 6.10. The van der Waals surface area contributed by atoms with Crippen LogP contribution in [0.3, 0.4) is 0 Å². The number of allylic oxidation sites excluding steroid dienone is 9. The van der Waals surface area contributed by atoms with E-state index in [1.807, 2.05) is 62.1 Å². The molecule has 6 nitrogen and oxygen atoms in total. The van der Waals surface area contributed by atoms with E-state index in [4.69, 9.17) is 4.74 Å². The molecule has 1 heterocycles. The lowest BCUT2D eigenvalue weighted by atomic mass is 9.95. The summed E-state index contributed by atoms with van der Waals surface area (Å²) in [5, 5.41) is 0. The van der Waals surface area contributed by atoms with Crippen molar-refractivity contribution in [2.24, 2.45) is 0 Å². The first-order chi connectivity index (χ1) is 22.1. The zero-order chi connectivity index (χ0) is 33.3. The predicted molar refractivity (Wildman–Crippen MR) is 181 cm³/mol. The minimum atomic E-state index is -3.59. The van der Waals surface area contributed by atoms with Crippen molar-refractivity contribution < 1.29 is 26.7 Å². The number of benzene rings is 2. The summed E-state index contributed by atoms with van der Waals surface area (Å²) in [4.78, 5) is 17.5. The number of hydrogen-bond donors (Lipinski definition) is 0. The first kappa shape index (κ1) is 34.8. The molecule has 0 bridgehead atoms. The van der Waals surface area contributed by atoms with Gasteiger partial charge in [-0.1, -0.05) is 74.5 Å². The van der Waals surface area contributed by atoms with Crippen LogP contribution in [0.15, 0.2) is 119 Å². The Kier molecular flexibility index (Phi) is 12.1. The van der Waals surface area contributed by atoms with Crippen LogP contribution in [0.4, 0.5) is 14.5 Å². The van der Waals surface area contributed by atoms with Crippen molar-refractivity contribution in [2.75, 3.05) is 37.3 Å². The van der Waals surface area contributed by atoms with Crippen LogP contribution in [0.2, 0.25) is 0 Å². The summed E-state index contributed by atoms with van der Waals surface area (Å²) in [6, 6.07) is 14.9. The summed E-state index contributed by atoms with van der Waals surface area (Å²) in [7, 11) is -3.59. The van der Waals surface area contributed by atoms with Gasteiger partial charge in [-0.3, -0.25) is 4.79 Å². The molecular weight excluding hydrogens is 606 g/mol. The number of halogens is 2. The second-order valence-corrected chi connectivity index (χ2v) is 13.1. The molecule has 0 radical (unpaired) electrons. The fraction of sp³-hybridized carbons (Fsp3) is 0.324. The third kappa shape index (κ3) is 8.79. The molecule has 1 atom stereocenters. The maximum Gasteiger partial charge on any atom is 0.254 e. The van der Waals surface area contributed by atoms with Crippen molar-refractivity contribution in [3.05, 3.63) is 135 Å². The Bertz CT molecular complexity index is 1700.